The van der Waals surface area contributed by atoms with Crippen molar-refractivity contribution in [2.75, 3.05) is 5.32 Å². The third-order valence-electron chi connectivity index (χ3n) is 5.92. The molecule has 0 aliphatic rings. The number of pyridine rings is 3. The Balaban J connectivity index is 1.32. The molecule has 0 saturated heterocycles. The summed E-state index contributed by atoms with van der Waals surface area (Å²) < 4.78 is 22.0. The van der Waals surface area contributed by atoms with Crippen LogP contribution < -0.4 is 15.6 Å². The summed E-state index contributed by atoms with van der Waals surface area (Å²) in [5.41, 5.74) is 0.943. The number of aromatic nitrogens is 4. The van der Waals surface area contributed by atoms with Crippen LogP contribution in [-0.4, -0.2) is 25.4 Å². The molecule has 10 heteroatoms. The van der Waals surface area contributed by atoms with Gasteiger partial charge in [0, 0.05) is 40.8 Å². The Morgan fingerprint density at radius 1 is 0.974 bits per heavy atom. The maximum atomic E-state index is 14.9. The van der Waals surface area contributed by atoms with Crippen LogP contribution in [0.3, 0.4) is 0 Å². The number of carbonyl (C=O) groups excluding carboxylic acids is 1. The number of nitrogens with zero attached hydrogens (tertiary/aromatic N) is 3. The quantitative estimate of drug-likeness (QED) is 0.283. The molecule has 0 aliphatic carbocycles. The molecular formula is C28H17ClFN5O3. The number of hydrogen-bond donors (Lipinski definition) is 2. The number of nitrogens with one attached hydrogen (secondary N) is 2. The van der Waals surface area contributed by atoms with Crippen LogP contribution in [0.4, 0.5) is 10.1 Å². The van der Waals surface area contributed by atoms with E-state index < -0.39 is 17.3 Å². The molecule has 1 amide bonds. The van der Waals surface area contributed by atoms with Gasteiger partial charge in [0.25, 0.3) is 11.5 Å². The number of carbonyl (C=O) groups is 1. The molecule has 186 valence electrons. The predicted octanol–water partition coefficient (Wildman–Crippen LogP) is 6.10. The Bertz CT molecular complexity index is 1900. The molecule has 0 radical (unpaired) electrons. The zero-order valence-corrected chi connectivity index (χ0v) is 20.2. The maximum absolute atomic E-state index is 14.9. The fraction of sp³-hybridized carbons (Fsp3) is 0. The van der Waals surface area contributed by atoms with Gasteiger partial charge in [-0.05, 0) is 66.7 Å². The van der Waals surface area contributed by atoms with E-state index in [4.69, 9.17) is 16.3 Å². The molecule has 6 rings (SSSR count). The lowest BCUT2D eigenvalue weighted by Gasteiger charge is -2.13. The monoisotopic (exact) mass is 525 g/mol. The standard InChI is InChI=1S/C28H17ClFN5O3/c29-17-3-6-19(7-4-17)35-26-16(2-1-11-33-26)14-21(28(35)37)27(36)34-18-5-8-24(22(30)15-18)38-23-10-13-32-25-20(23)9-12-31-25/h1-15H,(H,31,32)(H,34,36). The first kappa shape index (κ1) is 23.4. The third kappa shape index (κ3) is 4.25. The van der Waals surface area contributed by atoms with E-state index in [0.29, 0.717) is 38.5 Å². The normalized spacial score (nSPS) is 11.1. The Kier molecular flexibility index (Phi) is 5.82. The van der Waals surface area contributed by atoms with Gasteiger partial charge in [0.15, 0.2) is 11.6 Å². The number of benzene rings is 2. The zero-order chi connectivity index (χ0) is 26.2. The second kappa shape index (κ2) is 9.45. The fourth-order valence-corrected chi connectivity index (χ4v) is 4.26. The lowest BCUT2D eigenvalue weighted by molar-refractivity contribution is 0.102. The molecule has 0 unspecified atom stereocenters. The van der Waals surface area contributed by atoms with E-state index in [2.05, 4.69) is 20.3 Å². The van der Waals surface area contributed by atoms with Gasteiger partial charge in [-0.15, -0.1) is 0 Å². The molecule has 2 aromatic carbocycles. The molecule has 8 nitrogen and oxygen atoms in total. The Morgan fingerprint density at radius 3 is 2.63 bits per heavy atom. The van der Waals surface area contributed by atoms with Crippen molar-refractivity contribution < 1.29 is 13.9 Å². The minimum atomic E-state index is -0.695. The second-order valence-electron chi connectivity index (χ2n) is 8.34. The first-order chi connectivity index (χ1) is 18.5. The Hall–Kier alpha value is -5.02. The smallest absolute Gasteiger partial charge is 0.269 e. The average molecular weight is 526 g/mol. The summed E-state index contributed by atoms with van der Waals surface area (Å²) in [7, 11) is 0. The molecule has 2 N–H and O–H groups in total. The molecular weight excluding hydrogens is 509 g/mol. The van der Waals surface area contributed by atoms with Gasteiger partial charge in [0.2, 0.25) is 0 Å². The van der Waals surface area contributed by atoms with Crippen molar-refractivity contribution in [1.29, 1.82) is 0 Å². The van der Waals surface area contributed by atoms with Crippen LogP contribution in [0.25, 0.3) is 27.8 Å². The number of aromatic amines is 1. The van der Waals surface area contributed by atoms with Crippen LogP contribution in [-0.2, 0) is 0 Å². The number of hydrogen-bond acceptors (Lipinski definition) is 5. The SMILES string of the molecule is O=C(Nc1ccc(Oc2ccnc3[nH]ccc23)c(F)c1)c1cc2cccnc2n(-c2ccc(Cl)cc2)c1=O. The molecule has 0 aliphatic heterocycles. The van der Waals surface area contributed by atoms with Crippen LogP contribution in [0.5, 0.6) is 11.5 Å². The van der Waals surface area contributed by atoms with Gasteiger partial charge in [-0.25, -0.2) is 14.4 Å². The number of fused-ring (bicyclic) bond motifs is 2. The Labute approximate surface area is 219 Å². The van der Waals surface area contributed by atoms with Crippen molar-refractivity contribution in [3.05, 3.63) is 118 Å². The van der Waals surface area contributed by atoms with E-state index in [1.807, 2.05) is 0 Å². The van der Waals surface area contributed by atoms with E-state index in [1.54, 1.807) is 67.1 Å². The van der Waals surface area contributed by atoms with Crippen molar-refractivity contribution in [2.24, 2.45) is 0 Å². The molecule has 0 spiro atoms. The number of amides is 1. The van der Waals surface area contributed by atoms with Gasteiger partial charge in [-0.1, -0.05) is 11.6 Å². The van der Waals surface area contributed by atoms with Crippen molar-refractivity contribution in [3.8, 4) is 17.2 Å². The van der Waals surface area contributed by atoms with E-state index in [9.17, 15) is 14.0 Å². The highest BCUT2D eigenvalue weighted by atomic mass is 35.5. The van der Waals surface area contributed by atoms with Crippen molar-refractivity contribution >= 4 is 45.3 Å². The van der Waals surface area contributed by atoms with Gasteiger partial charge in [-0.2, -0.15) is 0 Å². The van der Waals surface area contributed by atoms with Crippen LogP contribution in [0, 0.1) is 5.82 Å². The molecule has 0 saturated carbocycles. The molecule has 4 heterocycles. The van der Waals surface area contributed by atoms with Crippen molar-refractivity contribution in [3.63, 3.8) is 0 Å². The minimum absolute atomic E-state index is 0.0291. The van der Waals surface area contributed by atoms with Gasteiger partial charge < -0.3 is 15.0 Å². The number of ether oxygens (including phenoxy) is 1. The first-order valence-electron chi connectivity index (χ1n) is 11.5. The minimum Gasteiger partial charge on any atom is -0.453 e. The van der Waals surface area contributed by atoms with E-state index in [1.165, 1.54) is 22.8 Å². The highest BCUT2D eigenvalue weighted by Crippen LogP contribution is 2.31. The summed E-state index contributed by atoms with van der Waals surface area (Å²) in [5.74, 6) is -0.984. The van der Waals surface area contributed by atoms with Crippen LogP contribution in [0.1, 0.15) is 10.4 Å². The number of rotatable bonds is 5. The van der Waals surface area contributed by atoms with Gasteiger partial charge in [0.1, 0.15) is 22.6 Å². The first-order valence-corrected chi connectivity index (χ1v) is 11.8. The van der Waals surface area contributed by atoms with E-state index in [-0.39, 0.29) is 17.0 Å². The number of halogens is 2. The largest absolute Gasteiger partial charge is 0.453 e. The summed E-state index contributed by atoms with van der Waals surface area (Å²) in [6, 6.07) is 19.0. The van der Waals surface area contributed by atoms with Crippen LogP contribution in [0.15, 0.2) is 96.2 Å². The number of H-pyrrole nitrogens is 1. The lowest BCUT2D eigenvalue weighted by Crippen LogP contribution is -2.29. The molecule has 0 fully saturated rings. The van der Waals surface area contributed by atoms with Gasteiger partial charge in [-0.3, -0.25) is 14.2 Å². The molecule has 38 heavy (non-hydrogen) atoms. The summed E-state index contributed by atoms with van der Waals surface area (Å²) in [5, 5.41) is 4.39. The Morgan fingerprint density at radius 2 is 1.82 bits per heavy atom. The highest BCUT2D eigenvalue weighted by Gasteiger charge is 2.19. The van der Waals surface area contributed by atoms with Crippen LogP contribution in [0.2, 0.25) is 5.02 Å². The van der Waals surface area contributed by atoms with Gasteiger partial charge in [0.05, 0.1) is 11.1 Å². The number of anilines is 1. The molecule has 4 aromatic heterocycles. The topological polar surface area (TPSA) is 102 Å². The van der Waals surface area contributed by atoms with Crippen molar-refractivity contribution in [2.45, 2.75) is 0 Å². The van der Waals surface area contributed by atoms with Crippen LogP contribution >= 0.6 is 11.6 Å². The summed E-state index contributed by atoms with van der Waals surface area (Å²) in [6.45, 7) is 0. The van der Waals surface area contributed by atoms with E-state index in [0.717, 1.165) is 6.07 Å². The maximum Gasteiger partial charge on any atom is 0.269 e. The predicted molar refractivity (Wildman–Crippen MR) is 143 cm³/mol. The summed E-state index contributed by atoms with van der Waals surface area (Å²) >= 11 is 6.01. The van der Waals surface area contributed by atoms with E-state index >= 15 is 0 Å². The average Bonchev–Trinajstić information content (AvgIpc) is 3.41. The molecule has 6 aromatic rings. The molecule has 0 atom stereocenters. The zero-order valence-electron chi connectivity index (χ0n) is 19.5. The lowest BCUT2D eigenvalue weighted by atomic mass is 10.1. The van der Waals surface area contributed by atoms with Gasteiger partial charge >= 0.3 is 0 Å². The summed E-state index contributed by atoms with van der Waals surface area (Å²) in [6.07, 6.45) is 4.83. The fourth-order valence-electron chi connectivity index (χ4n) is 4.14. The van der Waals surface area contributed by atoms with Crippen molar-refractivity contribution in [1.82, 2.24) is 19.5 Å². The third-order valence-corrected chi connectivity index (χ3v) is 6.17. The summed E-state index contributed by atoms with van der Waals surface area (Å²) in [4.78, 5) is 38.1. The highest BCUT2D eigenvalue weighted by molar-refractivity contribution is 6.30. The second-order valence-corrected chi connectivity index (χ2v) is 8.78. The molecule has 0 bridgehead atoms.